The summed E-state index contributed by atoms with van der Waals surface area (Å²) in [6.45, 7) is -0.142. The van der Waals surface area contributed by atoms with Crippen molar-refractivity contribution in [2.45, 2.75) is 0 Å². The maximum Gasteiger partial charge on any atom is 0.200 e. The van der Waals surface area contributed by atoms with Gasteiger partial charge >= 0.3 is 0 Å². The van der Waals surface area contributed by atoms with Gasteiger partial charge in [-0.1, -0.05) is 45.7 Å². The Morgan fingerprint density at radius 3 is 2.60 bits per heavy atom. The minimum atomic E-state index is -0.165. The van der Waals surface area contributed by atoms with E-state index in [1.165, 1.54) is 0 Å². The lowest BCUT2D eigenvalue weighted by molar-refractivity contribution is 0.0921. The molecule has 2 rings (SSSR count). The van der Waals surface area contributed by atoms with Gasteiger partial charge in [0.1, 0.15) is 17.4 Å². The van der Waals surface area contributed by atoms with Crippen molar-refractivity contribution >= 4 is 33.3 Å². The standard InChI is InChI=1S/C15H9BrClNO2/c16-11-6-4-10(5-7-11)14(19)9-20-15-3-1-2-13(17)12(15)8-18/h1-7H,9H2. The van der Waals surface area contributed by atoms with Crippen molar-refractivity contribution < 1.29 is 9.53 Å². The third-order valence-electron chi connectivity index (χ3n) is 2.61. The van der Waals surface area contributed by atoms with Crippen LogP contribution in [-0.2, 0) is 0 Å². The Kier molecular flexibility index (Phi) is 4.78. The zero-order valence-corrected chi connectivity index (χ0v) is 12.6. The number of nitriles is 1. The summed E-state index contributed by atoms with van der Waals surface area (Å²) in [4.78, 5) is 12.0. The molecule has 0 amide bonds. The topological polar surface area (TPSA) is 50.1 Å². The van der Waals surface area contributed by atoms with Gasteiger partial charge < -0.3 is 4.74 Å². The van der Waals surface area contributed by atoms with Crippen LogP contribution in [0.1, 0.15) is 15.9 Å². The molecule has 2 aromatic carbocycles. The fourth-order valence-corrected chi connectivity index (χ4v) is 2.07. The smallest absolute Gasteiger partial charge is 0.200 e. The zero-order chi connectivity index (χ0) is 14.5. The zero-order valence-electron chi connectivity index (χ0n) is 10.3. The van der Waals surface area contributed by atoms with Gasteiger partial charge in [-0.25, -0.2) is 0 Å². The Bertz CT molecular complexity index is 677. The van der Waals surface area contributed by atoms with Gasteiger partial charge in [0.15, 0.2) is 12.4 Å². The Morgan fingerprint density at radius 2 is 1.95 bits per heavy atom. The summed E-state index contributed by atoms with van der Waals surface area (Å²) in [5.41, 5.74) is 0.784. The van der Waals surface area contributed by atoms with Crippen molar-refractivity contribution in [2.75, 3.05) is 6.61 Å². The van der Waals surface area contributed by atoms with Crippen LogP contribution in [0, 0.1) is 11.3 Å². The minimum absolute atomic E-state index is 0.142. The monoisotopic (exact) mass is 349 g/mol. The van der Waals surface area contributed by atoms with Gasteiger partial charge in [-0.3, -0.25) is 4.79 Å². The van der Waals surface area contributed by atoms with E-state index in [1.807, 2.05) is 6.07 Å². The average molecular weight is 351 g/mol. The average Bonchev–Trinajstić information content (AvgIpc) is 2.45. The molecule has 0 bridgehead atoms. The minimum Gasteiger partial charge on any atom is -0.484 e. The summed E-state index contributed by atoms with van der Waals surface area (Å²) in [6, 6.07) is 13.8. The highest BCUT2D eigenvalue weighted by molar-refractivity contribution is 9.10. The Hall–Kier alpha value is -1.83. The van der Waals surface area contributed by atoms with Crippen LogP contribution < -0.4 is 4.74 Å². The van der Waals surface area contributed by atoms with Crippen LogP contribution in [0.4, 0.5) is 0 Å². The SMILES string of the molecule is N#Cc1c(Cl)cccc1OCC(=O)c1ccc(Br)cc1. The Labute approximate surface area is 129 Å². The number of hydrogen-bond donors (Lipinski definition) is 0. The fourth-order valence-electron chi connectivity index (χ4n) is 1.60. The second-order valence-corrected chi connectivity index (χ2v) is 5.27. The largest absolute Gasteiger partial charge is 0.484 e. The predicted octanol–water partition coefficient (Wildman–Crippen LogP) is 4.24. The summed E-state index contributed by atoms with van der Waals surface area (Å²) in [6.07, 6.45) is 0. The molecule has 0 spiro atoms. The summed E-state index contributed by atoms with van der Waals surface area (Å²) < 4.78 is 6.29. The summed E-state index contributed by atoms with van der Waals surface area (Å²) in [5.74, 6) is 0.145. The molecule has 20 heavy (non-hydrogen) atoms. The maximum atomic E-state index is 12.0. The highest BCUT2D eigenvalue weighted by Gasteiger charge is 2.11. The first-order chi connectivity index (χ1) is 9.61. The van der Waals surface area contributed by atoms with Crippen LogP contribution in [-0.4, -0.2) is 12.4 Å². The van der Waals surface area contributed by atoms with Crippen LogP contribution in [0.3, 0.4) is 0 Å². The highest BCUT2D eigenvalue weighted by atomic mass is 79.9. The molecule has 2 aromatic rings. The molecule has 5 heteroatoms. The quantitative estimate of drug-likeness (QED) is 0.775. The Balaban J connectivity index is 2.10. The molecule has 0 aliphatic rings. The van der Waals surface area contributed by atoms with Crippen molar-refractivity contribution in [1.29, 1.82) is 5.26 Å². The van der Waals surface area contributed by atoms with E-state index in [9.17, 15) is 4.79 Å². The van der Waals surface area contributed by atoms with Gasteiger partial charge in [-0.05, 0) is 24.3 Å². The van der Waals surface area contributed by atoms with Crippen molar-refractivity contribution in [1.82, 2.24) is 0 Å². The van der Waals surface area contributed by atoms with Gasteiger partial charge in [0.25, 0.3) is 0 Å². The lowest BCUT2D eigenvalue weighted by Gasteiger charge is -2.08. The van der Waals surface area contributed by atoms with E-state index in [1.54, 1.807) is 42.5 Å². The van der Waals surface area contributed by atoms with Crippen molar-refractivity contribution in [3.8, 4) is 11.8 Å². The van der Waals surface area contributed by atoms with E-state index in [4.69, 9.17) is 21.6 Å². The van der Waals surface area contributed by atoms with Crippen molar-refractivity contribution in [3.05, 3.63) is 63.1 Å². The molecule has 3 nitrogen and oxygen atoms in total. The predicted molar refractivity (Wildman–Crippen MR) is 80.1 cm³/mol. The number of carbonyl (C=O) groups excluding carboxylic acids is 1. The van der Waals surface area contributed by atoms with Gasteiger partial charge in [0, 0.05) is 10.0 Å². The number of carbonyl (C=O) groups is 1. The van der Waals surface area contributed by atoms with Gasteiger partial charge in [-0.2, -0.15) is 5.26 Å². The van der Waals surface area contributed by atoms with Crippen LogP contribution in [0.2, 0.25) is 5.02 Å². The number of Topliss-reactive ketones (excluding diaryl/α,β-unsaturated/α-hetero) is 1. The molecular weight excluding hydrogens is 342 g/mol. The van der Waals surface area contributed by atoms with Gasteiger partial charge in [0.05, 0.1) is 5.02 Å². The molecule has 0 saturated heterocycles. The number of benzene rings is 2. The van der Waals surface area contributed by atoms with Gasteiger partial charge in [-0.15, -0.1) is 0 Å². The first-order valence-corrected chi connectivity index (χ1v) is 6.89. The number of nitrogens with zero attached hydrogens (tertiary/aromatic N) is 1. The lowest BCUT2D eigenvalue weighted by atomic mass is 10.1. The first kappa shape index (κ1) is 14.6. The molecule has 0 N–H and O–H groups in total. The molecule has 100 valence electrons. The molecule has 0 aromatic heterocycles. The van der Waals surface area contributed by atoms with E-state index in [2.05, 4.69) is 15.9 Å². The molecule has 0 unspecified atom stereocenters. The highest BCUT2D eigenvalue weighted by Crippen LogP contribution is 2.25. The maximum absolute atomic E-state index is 12.0. The number of rotatable bonds is 4. The van der Waals surface area contributed by atoms with Crippen LogP contribution in [0.25, 0.3) is 0 Å². The number of halogens is 2. The normalized spacial score (nSPS) is 9.85. The summed E-state index contributed by atoms with van der Waals surface area (Å²) >= 11 is 9.19. The number of hydrogen-bond acceptors (Lipinski definition) is 3. The van der Waals surface area contributed by atoms with Crippen LogP contribution >= 0.6 is 27.5 Å². The molecule has 0 fully saturated rings. The van der Waals surface area contributed by atoms with Gasteiger partial charge in [0.2, 0.25) is 0 Å². The van der Waals surface area contributed by atoms with Crippen LogP contribution in [0.5, 0.6) is 5.75 Å². The Morgan fingerprint density at radius 1 is 1.25 bits per heavy atom. The second kappa shape index (κ2) is 6.56. The fraction of sp³-hybridized carbons (Fsp3) is 0.0667. The lowest BCUT2D eigenvalue weighted by Crippen LogP contribution is -2.12. The third kappa shape index (κ3) is 3.38. The third-order valence-corrected chi connectivity index (χ3v) is 3.46. The van der Waals surface area contributed by atoms with Crippen molar-refractivity contribution in [2.24, 2.45) is 0 Å². The summed E-state index contributed by atoms with van der Waals surface area (Å²) in [5, 5.41) is 9.31. The molecule has 0 radical (unpaired) electrons. The summed E-state index contributed by atoms with van der Waals surface area (Å²) in [7, 11) is 0. The molecular formula is C15H9BrClNO2. The number of ether oxygens (including phenoxy) is 1. The number of ketones is 1. The second-order valence-electron chi connectivity index (χ2n) is 3.94. The molecule has 0 aliphatic heterocycles. The van der Waals surface area contributed by atoms with E-state index >= 15 is 0 Å². The molecule has 0 aliphatic carbocycles. The van der Waals surface area contributed by atoms with E-state index < -0.39 is 0 Å². The molecule has 0 saturated carbocycles. The van der Waals surface area contributed by atoms with Crippen molar-refractivity contribution in [3.63, 3.8) is 0 Å². The first-order valence-electron chi connectivity index (χ1n) is 5.72. The molecule has 0 heterocycles. The van der Waals surface area contributed by atoms with E-state index in [0.29, 0.717) is 16.3 Å². The molecule has 0 atom stereocenters. The van der Waals surface area contributed by atoms with E-state index in [-0.39, 0.29) is 18.0 Å². The van der Waals surface area contributed by atoms with Crippen LogP contribution in [0.15, 0.2) is 46.9 Å². The van der Waals surface area contributed by atoms with E-state index in [0.717, 1.165) is 4.47 Å².